The van der Waals surface area contributed by atoms with Crippen molar-refractivity contribution in [1.29, 1.82) is 0 Å². The number of carboxylic acid groups (broad SMARTS) is 1. The number of carbonyl (C=O) groups is 3. The predicted octanol–water partition coefficient (Wildman–Crippen LogP) is 0.358. The lowest BCUT2D eigenvalue weighted by molar-refractivity contribution is -0.148. The van der Waals surface area contributed by atoms with Gasteiger partial charge in [0.15, 0.2) is 0 Å². The number of esters is 1. The van der Waals surface area contributed by atoms with Crippen molar-refractivity contribution < 1.29 is 24.2 Å². The molecule has 0 aromatic rings. The number of carbonyl (C=O) groups excluding carboxylic acids is 2. The van der Waals surface area contributed by atoms with Crippen molar-refractivity contribution in [2.75, 3.05) is 24.7 Å². The van der Waals surface area contributed by atoms with Crippen LogP contribution in [0.3, 0.4) is 0 Å². The fourth-order valence-electron chi connectivity index (χ4n) is 1.46. The number of carboxylic acids is 1. The van der Waals surface area contributed by atoms with Gasteiger partial charge in [0.25, 0.3) is 0 Å². The molecular formula is C11H17NO5S. The van der Waals surface area contributed by atoms with Crippen LogP contribution >= 0.6 is 11.8 Å². The Morgan fingerprint density at radius 1 is 1.33 bits per heavy atom. The van der Waals surface area contributed by atoms with E-state index in [2.05, 4.69) is 0 Å². The predicted molar refractivity (Wildman–Crippen MR) is 66.3 cm³/mol. The summed E-state index contributed by atoms with van der Waals surface area (Å²) in [6.07, 6.45) is 1.80. The van der Waals surface area contributed by atoms with E-state index in [-0.39, 0.29) is 30.0 Å². The van der Waals surface area contributed by atoms with Crippen molar-refractivity contribution in [1.82, 2.24) is 4.90 Å². The smallest absolute Gasteiger partial charge is 0.325 e. The third kappa shape index (κ3) is 5.39. The number of hydrogen-bond donors (Lipinski definition) is 1. The summed E-state index contributed by atoms with van der Waals surface area (Å²) >= 11 is 1.04. The molecule has 0 radical (unpaired) electrons. The zero-order chi connectivity index (χ0) is 13.5. The molecule has 0 spiro atoms. The minimum Gasteiger partial charge on any atom is -0.481 e. The van der Waals surface area contributed by atoms with E-state index in [1.807, 2.05) is 0 Å². The average Bonchev–Trinajstić information content (AvgIpc) is 3.09. The maximum absolute atomic E-state index is 11.9. The van der Waals surface area contributed by atoms with Gasteiger partial charge in [0.1, 0.15) is 6.54 Å². The van der Waals surface area contributed by atoms with Crippen LogP contribution in [0.2, 0.25) is 0 Å². The summed E-state index contributed by atoms with van der Waals surface area (Å²) in [4.78, 5) is 35.0. The Balaban J connectivity index is 2.38. The van der Waals surface area contributed by atoms with E-state index >= 15 is 0 Å². The third-order valence-corrected chi connectivity index (χ3v) is 3.27. The van der Waals surface area contributed by atoms with Gasteiger partial charge in [-0.25, -0.2) is 0 Å². The number of amides is 1. The molecule has 6 nitrogen and oxygen atoms in total. The Morgan fingerprint density at radius 3 is 2.50 bits per heavy atom. The van der Waals surface area contributed by atoms with Crippen LogP contribution in [0.25, 0.3) is 0 Å². The molecule has 0 aromatic heterocycles. The molecular weight excluding hydrogens is 258 g/mol. The first-order chi connectivity index (χ1) is 8.54. The van der Waals surface area contributed by atoms with Gasteiger partial charge in [0.05, 0.1) is 18.1 Å². The molecule has 0 heterocycles. The summed E-state index contributed by atoms with van der Waals surface area (Å²) in [5, 5.41) is 8.48. The van der Waals surface area contributed by atoms with Crippen molar-refractivity contribution in [2.24, 2.45) is 0 Å². The Hall–Kier alpha value is -1.24. The molecule has 0 unspecified atom stereocenters. The lowest BCUT2D eigenvalue weighted by Gasteiger charge is -2.20. The number of hydrogen-bond acceptors (Lipinski definition) is 5. The average molecular weight is 275 g/mol. The normalized spacial score (nSPS) is 14.1. The zero-order valence-electron chi connectivity index (χ0n) is 10.3. The van der Waals surface area contributed by atoms with E-state index in [9.17, 15) is 14.4 Å². The van der Waals surface area contributed by atoms with Gasteiger partial charge < -0.3 is 14.7 Å². The van der Waals surface area contributed by atoms with Gasteiger partial charge in [0, 0.05) is 6.04 Å². The van der Waals surface area contributed by atoms with E-state index < -0.39 is 11.9 Å². The van der Waals surface area contributed by atoms with Gasteiger partial charge in [-0.1, -0.05) is 0 Å². The number of thioether (sulfide) groups is 1. The van der Waals surface area contributed by atoms with Crippen LogP contribution in [-0.4, -0.2) is 58.6 Å². The minimum absolute atomic E-state index is 0.0367. The lowest BCUT2D eigenvalue weighted by atomic mass is 10.4. The second-order valence-electron chi connectivity index (χ2n) is 3.94. The van der Waals surface area contributed by atoms with Crippen LogP contribution in [0.5, 0.6) is 0 Å². The molecule has 1 rings (SSSR count). The molecule has 0 aromatic carbocycles. The standard InChI is InChI=1S/C11H17NO5S/c1-2-17-11(16)5-12(8-3-4-8)9(13)6-18-7-10(14)15/h8H,2-7H2,1H3,(H,14,15). The van der Waals surface area contributed by atoms with Crippen LogP contribution in [0.1, 0.15) is 19.8 Å². The first-order valence-electron chi connectivity index (χ1n) is 5.79. The van der Waals surface area contributed by atoms with Crippen LogP contribution in [-0.2, 0) is 19.1 Å². The molecule has 1 saturated carbocycles. The fraction of sp³-hybridized carbons (Fsp3) is 0.727. The maximum atomic E-state index is 11.9. The van der Waals surface area contributed by atoms with Crippen LogP contribution < -0.4 is 0 Å². The summed E-state index contributed by atoms with van der Waals surface area (Å²) in [7, 11) is 0. The van der Waals surface area contributed by atoms with Crippen molar-refractivity contribution in [2.45, 2.75) is 25.8 Å². The monoisotopic (exact) mass is 275 g/mol. The molecule has 102 valence electrons. The molecule has 0 saturated heterocycles. The molecule has 1 aliphatic rings. The number of rotatable bonds is 8. The highest BCUT2D eigenvalue weighted by Gasteiger charge is 2.33. The van der Waals surface area contributed by atoms with E-state index in [1.54, 1.807) is 6.92 Å². The van der Waals surface area contributed by atoms with Crippen LogP contribution in [0, 0.1) is 0 Å². The first-order valence-corrected chi connectivity index (χ1v) is 6.94. The Bertz CT molecular complexity index is 329. The largest absolute Gasteiger partial charge is 0.481 e. The SMILES string of the molecule is CCOC(=O)CN(C(=O)CSCC(=O)O)C1CC1. The third-order valence-electron chi connectivity index (χ3n) is 2.36. The van der Waals surface area contributed by atoms with Crippen molar-refractivity contribution >= 4 is 29.6 Å². The van der Waals surface area contributed by atoms with Gasteiger partial charge in [0.2, 0.25) is 5.91 Å². The molecule has 0 atom stereocenters. The highest BCUT2D eigenvalue weighted by Crippen LogP contribution is 2.27. The van der Waals surface area contributed by atoms with Crippen molar-refractivity contribution in [3.63, 3.8) is 0 Å². The Morgan fingerprint density at radius 2 is 2.00 bits per heavy atom. The van der Waals surface area contributed by atoms with Gasteiger partial charge in [-0.3, -0.25) is 14.4 Å². The molecule has 1 N–H and O–H groups in total. The highest BCUT2D eigenvalue weighted by molar-refractivity contribution is 8.00. The Labute approximate surface area is 110 Å². The molecule has 7 heteroatoms. The van der Waals surface area contributed by atoms with E-state index in [0.717, 1.165) is 24.6 Å². The quantitative estimate of drug-likeness (QED) is 0.644. The van der Waals surface area contributed by atoms with Crippen LogP contribution in [0.15, 0.2) is 0 Å². The first kappa shape index (κ1) is 14.8. The Kier molecular flexibility index (Phi) is 5.97. The van der Waals surface area contributed by atoms with Gasteiger partial charge in [-0.2, -0.15) is 0 Å². The minimum atomic E-state index is -0.948. The van der Waals surface area contributed by atoms with Crippen molar-refractivity contribution in [3.05, 3.63) is 0 Å². The molecule has 1 amide bonds. The van der Waals surface area contributed by atoms with E-state index in [1.165, 1.54) is 4.90 Å². The lowest BCUT2D eigenvalue weighted by Crippen LogP contribution is -2.39. The zero-order valence-corrected chi connectivity index (χ0v) is 11.1. The second kappa shape index (κ2) is 7.25. The molecule has 0 bridgehead atoms. The van der Waals surface area contributed by atoms with Crippen LogP contribution in [0.4, 0.5) is 0 Å². The molecule has 18 heavy (non-hydrogen) atoms. The summed E-state index contributed by atoms with van der Waals surface area (Å²) in [6.45, 7) is 1.97. The molecule has 1 aliphatic carbocycles. The molecule has 1 fully saturated rings. The fourth-order valence-corrected chi connectivity index (χ4v) is 2.08. The number of aliphatic carboxylic acids is 1. The number of ether oxygens (including phenoxy) is 1. The summed E-state index contributed by atoms with van der Waals surface area (Å²) < 4.78 is 4.81. The van der Waals surface area contributed by atoms with Gasteiger partial charge >= 0.3 is 11.9 Å². The van der Waals surface area contributed by atoms with Gasteiger partial charge in [-0.05, 0) is 19.8 Å². The number of nitrogens with zero attached hydrogens (tertiary/aromatic N) is 1. The summed E-state index contributed by atoms with van der Waals surface area (Å²) in [5.74, 6) is -1.58. The molecule has 0 aliphatic heterocycles. The topological polar surface area (TPSA) is 83.9 Å². The second-order valence-corrected chi connectivity index (χ2v) is 4.93. The van der Waals surface area contributed by atoms with E-state index in [4.69, 9.17) is 9.84 Å². The van der Waals surface area contributed by atoms with E-state index in [0.29, 0.717) is 6.61 Å². The summed E-state index contributed by atoms with van der Waals surface area (Å²) in [6, 6.07) is 0.118. The van der Waals surface area contributed by atoms with Crippen molar-refractivity contribution in [3.8, 4) is 0 Å². The highest BCUT2D eigenvalue weighted by atomic mass is 32.2. The maximum Gasteiger partial charge on any atom is 0.325 e. The van der Waals surface area contributed by atoms with Gasteiger partial charge in [-0.15, -0.1) is 11.8 Å². The summed E-state index contributed by atoms with van der Waals surface area (Å²) in [5.41, 5.74) is 0.